The van der Waals surface area contributed by atoms with Crippen LogP contribution in [-0.4, -0.2) is 44.6 Å². The SMILES string of the molecule is O=C(C1CCCC1)N1CCC2(CC1)N(c1ccccc1)C(=O)CS2=O. The van der Waals surface area contributed by atoms with Crippen molar-refractivity contribution < 1.29 is 13.8 Å². The summed E-state index contributed by atoms with van der Waals surface area (Å²) in [6.07, 6.45) is 5.49. The lowest BCUT2D eigenvalue weighted by atomic mass is 9.98. The maximum Gasteiger partial charge on any atom is 0.240 e. The molecule has 2 heterocycles. The summed E-state index contributed by atoms with van der Waals surface area (Å²) in [5.41, 5.74) is 0.814. The molecule has 1 unspecified atom stereocenters. The maximum atomic E-state index is 12.8. The number of amides is 2. The number of benzene rings is 1. The lowest BCUT2D eigenvalue weighted by Gasteiger charge is -2.44. The second-order valence-electron chi connectivity index (χ2n) is 7.31. The minimum Gasteiger partial charge on any atom is -0.342 e. The van der Waals surface area contributed by atoms with Crippen molar-refractivity contribution in [3.05, 3.63) is 30.3 Å². The van der Waals surface area contributed by atoms with Crippen LogP contribution in [0.5, 0.6) is 0 Å². The fourth-order valence-corrected chi connectivity index (χ4v) is 6.23. The third kappa shape index (κ3) is 2.80. The third-order valence-corrected chi connectivity index (χ3v) is 7.86. The second kappa shape index (κ2) is 6.56. The Balaban J connectivity index is 1.54. The lowest BCUT2D eigenvalue weighted by molar-refractivity contribution is -0.136. The van der Waals surface area contributed by atoms with Crippen LogP contribution in [0.25, 0.3) is 0 Å². The zero-order valence-electron chi connectivity index (χ0n) is 14.4. The largest absolute Gasteiger partial charge is 0.342 e. The van der Waals surface area contributed by atoms with Crippen molar-refractivity contribution in [2.24, 2.45) is 5.92 Å². The van der Waals surface area contributed by atoms with Gasteiger partial charge in [-0.1, -0.05) is 31.0 Å². The van der Waals surface area contributed by atoms with Gasteiger partial charge in [0.15, 0.2) is 0 Å². The first kappa shape index (κ1) is 16.8. The monoisotopic (exact) mass is 360 g/mol. The summed E-state index contributed by atoms with van der Waals surface area (Å²) < 4.78 is 12.8. The summed E-state index contributed by atoms with van der Waals surface area (Å²) in [6.45, 7) is 1.19. The number of likely N-dealkylation sites (tertiary alicyclic amines) is 1. The molecular weight excluding hydrogens is 336 g/mol. The van der Waals surface area contributed by atoms with E-state index in [1.807, 2.05) is 35.2 Å². The number of anilines is 1. The second-order valence-corrected chi connectivity index (χ2v) is 9.05. The first-order chi connectivity index (χ1) is 12.1. The van der Waals surface area contributed by atoms with Crippen molar-refractivity contribution in [2.75, 3.05) is 23.7 Å². The van der Waals surface area contributed by atoms with E-state index in [9.17, 15) is 13.8 Å². The van der Waals surface area contributed by atoms with Crippen molar-refractivity contribution in [2.45, 2.75) is 43.4 Å². The number of hydrogen-bond acceptors (Lipinski definition) is 3. The van der Waals surface area contributed by atoms with Crippen molar-refractivity contribution in [3.63, 3.8) is 0 Å². The number of carbonyl (C=O) groups is 2. The predicted octanol–water partition coefficient (Wildman–Crippen LogP) is 2.29. The van der Waals surface area contributed by atoms with Crippen molar-refractivity contribution in [1.82, 2.24) is 4.90 Å². The molecule has 1 aromatic carbocycles. The molecule has 1 saturated carbocycles. The Morgan fingerprint density at radius 1 is 1.08 bits per heavy atom. The van der Waals surface area contributed by atoms with E-state index in [-0.39, 0.29) is 23.5 Å². The normalized spacial score (nSPS) is 26.6. The minimum absolute atomic E-state index is 0.0693. The standard InChI is InChI=1S/C19H24N2O3S/c22-17-14-25(24)19(21(17)16-8-2-1-3-9-16)10-12-20(13-11-19)18(23)15-6-4-5-7-15/h1-3,8-9,15H,4-7,10-14H2. The summed E-state index contributed by atoms with van der Waals surface area (Å²) in [5.74, 6) is 0.453. The molecule has 0 bridgehead atoms. The van der Waals surface area contributed by atoms with Gasteiger partial charge in [-0.15, -0.1) is 0 Å². The zero-order chi connectivity index (χ0) is 17.4. The molecule has 6 heteroatoms. The minimum atomic E-state index is -1.22. The van der Waals surface area contributed by atoms with Gasteiger partial charge in [0.1, 0.15) is 10.6 Å². The number of rotatable bonds is 2. The highest BCUT2D eigenvalue weighted by molar-refractivity contribution is 7.88. The van der Waals surface area contributed by atoms with Crippen LogP contribution in [0.3, 0.4) is 0 Å². The summed E-state index contributed by atoms with van der Waals surface area (Å²) in [6, 6.07) is 9.51. The Morgan fingerprint density at radius 3 is 2.36 bits per heavy atom. The summed E-state index contributed by atoms with van der Waals surface area (Å²) in [5, 5.41) is 0. The molecule has 2 amide bonds. The average molecular weight is 360 g/mol. The molecule has 4 rings (SSSR count). The van der Waals surface area contributed by atoms with Crippen molar-refractivity contribution in [3.8, 4) is 0 Å². The molecule has 2 aliphatic heterocycles. The molecule has 0 aromatic heterocycles. The molecule has 1 spiro atoms. The topological polar surface area (TPSA) is 57.7 Å². The van der Waals surface area contributed by atoms with E-state index in [0.717, 1.165) is 31.4 Å². The van der Waals surface area contributed by atoms with Gasteiger partial charge in [0.25, 0.3) is 0 Å². The summed E-state index contributed by atoms with van der Waals surface area (Å²) in [4.78, 5) is 28.2. The fourth-order valence-electron chi connectivity index (χ4n) is 4.56. The van der Waals surface area contributed by atoms with Gasteiger partial charge in [0, 0.05) is 37.5 Å². The number of hydrogen-bond donors (Lipinski definition) is 0. The van der Waals surface area contributed by atoms with Crippen molar-refractivity contribution in [1.29, 1.82) is 0 Å². The van der Waals surface area contributed by atoms with Gasteiger partial charge < -0.3 is 4.90 Å². The van der Waals surface area contributed by atoms with Gasteiger partial charge in [0.2, 0.25) is 11.8 Å². The highest BCUT2D eigenvalue weighted by Crippen LogP contribution is 2.41. The lowest BCUT2D eigenvalue weighted by Crippen LogP contribution is -2.56. The van der Waals surface area contributed by atoms with Crippen LogP contribution in [0.4, 0.5) is 5.69 Å². The van der Waals surface area contributed by atoms with Crippen LogP contribution in [-0.2, 0) is 20.4 Å². The van der Waals surface area contributed by atoms with Crippen LogP contribution >= 0.6 is 0 Å². The van der Waals surface area contributed by atoms with Crippen LogP contribution in [0.15, 0.2) is 30.3 Å². The Kier molecular flexibility index (Phi) is 4.40. The molecule has 1 atom stereocenters. The van der Waals surface area contributed by atoms with Gasteiger partial charge in [-0.2, -0.15) is 0 Å². The van der Waals surface area contributed by atoms with Crippen molar-refractivity contribution >= 4 is 28.3 Å². The molecule has 2 saturated heterocycles. The Bertz CT molecular complexity index is 692. The van der Waals surface area contributed by atoms with Gasteiger partial charge in [-0.25, -0.2) is 0 Å². The predicted molar refractivity (Wildman–Crippen MR) is 97.4 cm³/mol. The molecule has 3 aliphatic rings. The van der Waals surface area contributed by atoms with E-state index in [1.54, 1.807) is 4.90 Å². The quantitative estimate of drug-likeness (QED) is 0.813. The van der Waals surface area contributed by atoms with E-state index < -0.39 is 15.7 Å². The van der Waals surface area contributed by atoms with E-state index in [1.165, 1.54) is 0 Å². The molecular formula is C19H24N2O3S. The summed E-state index contributed by atoms with van der Waals surface area (Å²) >= 11 is 0. The zero-order valence-corrected chi connectivity index (χ0v) is 15.2. The first-order valence-electron chi connectivity index (χ1n) is 9.17. The Labute approximate surface area is 150 Å². The maximum absolute atomic E-state index is 12.8. The average Bonchev–Trinajstić information content (AvgIpc) is 3.24. The number of nitrogens with zero attached hydrogens (tertiary/aromatic N) is 2. The van der Waals surface area contributed by atoms with E-state index in [4.69, 9.17) is 0 Å². The van der Waals surface area contributed by atoms with E-state index in [2.05, 4.69) is 0 Å². The molecule has 1 aromatic rings. The fraction of sp³-hybridized carbons (Fsp3) is 0.579. The number of piperidine rings is 1. The number of para-hydroxylation sites is 1. The Morgan fingerprint density at radius 2 is 1.72 bits per heavy atom. The van der Waals surface area contributed by atoms with Crippen LogP contribution in [0, 0.1) is 5.92 Å². The highest BCUT2D eigenvalue weighted by atomic mass is 32.2. The van der Waals surface area contributed by atoms with Gasteiger partial charge in [0.05, 0.1) is 10.8 Å². The molecule has 134 valence electrons. The van der Waals surface area contributed by atoms with Crippen LogP contribution in [0.1, 0.15) is 38.5 Å². The molecule has 5 nitrogen and oxygen atoms in total. The smallest absolute Gasteiger partial charge is 0.240 e. The van der Waals surface area contributed by atoms with E-state index >= 15 is 0 Å². The van der Waals surface area contributed by atoms with Gasteiger partial charge in [-0.05, 0) is 25.0 Å². The molecule has 0 N–H and O–H groups in total. The summed E-state index contributed by atoms with van der Waals surface area (Å²) in [7, 11) is -1.22. The van der Waals surface area contributed by atoms with Gasteiger partial charge >= 0.3 is 0 Å². The molecule has 1 aliphatic carbocycles. The van der Waals surface area contributed by atoms with E-state index in [0.29, 0.717) is 25.9 Å². The third-order valence-electron chi connectivity index (χ3n) is 5.91. The molecule has 25 heavy (non-hydrogen) atoms. The number of carbonyl (C=O) groups excluding carboxylic acids is 2. The van der Waals surface area contributed by atoms with Crippen LogP contribution < -0.4 is 4.90 Å². The molecule has 3 fully saturated rings. The Hall–Kier alpha value is -1.69. The first-order valence-corrected chi connectivity index (χ1v) is 10.5. The van der Waals surface area contributed by atoms with Gasteiger partial charge in [-0.3, -0.25) is 18.7 Å². The highest BCUT2D eigenvalue weighted by Gasteiger charge is 2.54. The molecule has 0 radical (unpaired) electrons. The van der Waals surface area contributed by atoms with Crippen LogP contribution in [0.2, 0.25) is 0 Å².